The first-order valence-electron chi connectivity index (χ1n) is 6.38. The Morgan fingerprint density at radius 1 is 1.45 bits per heavy atom. The Bertz CT molecular complexity index is 607. The number of aromatic nitrogens is 2. The molecule has 1 N–H and O–H groups in total. The minimum Gasteiger partial charge on any atom is -0.483 e. The van der Waals surface area contributed by atoms with E-state index in [2.05, 4.69) is 10.1 Å². The lowest BCUT2D eigenvalue weighted by molar-refractivity contribution is 0.0696. The van der Waals surface area contributed by atoms with Crippen molar-refractivity contribution in [3.05, 3.63) is 41.0 Å². The van der Waals surface area contributed by atoms with E-state index in [-0.39, 0.29) is 12.2 Å². The Morgan fingerprint density at radius 3 is 2.90 bits per heavy atom. The van der Waals surface area contributed by atoms with Crippen molar-refractivity contribution in [2.24, 2.45) is 0 Å². The smallest absolute Gasteiger partial charge is 0.335 e. The van der Waals surface area contributed by atoms with E-state index in [0.717, 1.165) is 18.4 Å². The van der Waals surface area contributed by atoms with Gasteiger partial charge >= 0.3 is 5.97 Å². The second kappa shape index (κ2) is 6.18. The lowest BCUT2D eigenvalue weighted by Crippen LogP contribution is -2.00. The predicted molar refractivity (Wildman–Crippen MR) is 70.8 cm³/mol. The van der Waals surface area contributed by atoms with Crippen LogP contribution in [0.2, 0.25) is 0 Å². The van der Waals surface area contributed by atoms with Crippen molar-refractivity contribution in [1.82, 2.24) is 10.1 Å². The van der Waals surface area contributed by atoms with Crippen molar-refractivity contribution < 1.29 is 19.2 Å². The normalized spacial score (nSPS) is 10.5. The minimum atomic E-state index is -0.958. The number of nitrogens with zero attached hydrogens (tertiary/aromatic N) is 2. The summed E-state index contributed by atoms with van der Waals surface area (Å²) in [5.41, 5.74) is 0.982. The fraction of sp³-hybridized carbons (Fsp3) is 0.357. The van der Waals surface area contributed by atoms with E-state index >= 15 is 0 Å². The van der Waals surface area contributed by atoms with Gasteiger partial charge in [-0.2, -0.15) is 4.98 Å². The molecule has 0 saturated carbocycles. The average Bonchev–Trinajstić information content (AvgIpc) is 2.85. The standard InChI is InChI=1S/C14H16N2O4/c1-3-4-12-15-13(20-16-12)8-19-11-6-5-10(14(17)18)7-9(11)2/h5-7H,3-4,8H2,1-2H3,(H,17,18). The van der Waals surface area contributed by atoms with E-state index in [1.165, 1.54) is 6.07 Å². The van der Waals surface area contributed by atoms with Crippen LogP contribution in [-0.4, -0.2) is 21.2 Å². The summed E-state index contributed by atoms with van der Waals surface area (Å²) < 4.78 is 10.6. The number of hydrogen-bond donors (Lipinski definition) is 1. The van der Waals surface area contributed by atoms with E-state index in [9.17, 15) is 4.79 Å². The van der Waals surface area contributed by atoms with Crippen LogP contribution in [0.4, 0.5) is 0 Å². The van der Waals surface area contributed by atoms with Gasteiger partial charge in [-0.25, -0.2) is 4.79 Å². The zero-order chi connectivity index (χ0) is 14.5. The Hall–Kier alpha value is -2.37. The lowest BCUT2D eigenvalue weighted by Gasteiger charge is -2.07. The SMILES string of the molecule is CCCc1noc(COc2ccc(C(=O)O)cc2C)n1. The van der Waals surface area contributed by atoms with Crippen LogP contribution >= 0.6 is 0 Å². The molecule has 0 aliphatic carbocycles. The van der Waals surface area contributed by atoms with Crippen LogP contribution in [-0.2, 0) is 13.0 Å². The Labute approximate surface area is 116 Å². The van der Waals surface area contributed by atoms with Crippen LogP contribution in [0, 0.1) is 6.92 Å². The van der Waals surface area contributed by atoms with E-state index in [0.29, 0.717) is 17.5 Å². The molecular weight excluding hydrogens is 260 g/mol. The van der Waals surface area contributed by atoms with Crippen LogP contribution in [0.3, 0.4) is 0 Å². The van der Waals surface area contributed by atoms with Crippen LogP contribution < -0.4 is 4.74 Å². The summed E-state index contributed by atoms with van der Waals surface area (Å²) in [5, 5.41) is 12.7. The highest BCUT2D eigenvalue weighted by Gasteiger charge is 2.09. The predicted octanol–water partition coefficient (Wildman–Crippen LogP) is 2.61. The summed E-state index contributed by atoms with van der Waals surface area (Å²) in [6.07, 6.45) is 1.73. The molecule has 2 rings (SSSR count). The molecule has 20 heavy (non-hydrogen) atoms. The molecular formula is C14H16N2O4. The van der Waals surface area contributed by atoms with Crippen LogP contribution in [0.1, 0.15) is 41.0 Å². The van der Waals surface area contributed by atoms with Gasteiger partial charge in [-0.05, 0) is 37.1 Å². The first-order chi connectivity index (χ1) is 9.60. The first kappa shape index (κ1) is 14.0. The molecule has 0 saturated heterocycles. The molecule has 0 atom stereocenters. The Balaban J connectivity index is 2.01. The zero-order valence-electron chi connectivity index (χ0n) is 11.4. The van der Waals surface area contributed by atoms with Gasteiger partial charge in [-0.1, -0.05) is 12.1 Å². The van der Waals surface area contributed by atoms with Gasteiger partial charge in [-0.15, -0.1) is 0 Å². The molecule has 0 aliphatic heterocycles. The van der Waals surface area contributed by atoms with Crippen molar-refractivity contribution in [2.75, 3.05) is 0 Å². The highest BCUT2D eigenvalue weighted by atomic mass is 16.5. The number of aromatic carboxylic acids is 1. The minimum absolute atomic E-state index is 0.171. The molecule has 1 heterocycles. The molecule has 0 radical (unpaired) electrons. The van der Waals surface area contributed by atoms with Gasteiger partial charge in [0.1, 0.15) is 5.75 Å². The molecule has 106 valence electrons. The molecule has 1 aromatic carbocycles. The molecule has 0 amide bonds. The molecule has 0 unspecified atom stereocenters. The zero-order valence-corrected chi connectivity index (χ0v) is 11.4. The van der Waals surface area contributed by atoms with Crippen LogP contribution in [0.5, 0.6) is 5.75 Å². The Morgan fingerprint density at radius 2 is 2.25 bits per heavy atom. The monoisotopic (exact) mass is 276 g/mol. The van der Waals surface area contributed by atoms with E-state index in [1.54, 1.807) is 19.1 Å². The maximum absolute atomic E-state index is 10.8. The van der Waals surface area contributed by atoms with Crippen molar-refractivity contribution in [2.45, 2.75) is 33.3 Å². The summed E-state index contributed by atoms with van der Waals surface area (Å²) in [6, 6.07) is 4.69. The number of benzene rings is 1. The number of ether oxygens (including phenoxy) is 1. The third-order valence-corrected chi connectivity index (χ3v) is 2.76. The van der Waals surface area contributed by atoms with Crippen LogP contribution in [0.25, 0.3) is 0 Å². The molecule has 6 nitrogen and oxygen atoms in total. The number of carboxylic acids is 1. The average molecular weight is 276 g/mol. The number of carbonyl (C=O) groups is 1. The van der Waals surface area contributed by atoms with E-state index in [4.69, 9.17) is 14.4 Å². The number of carboxylic acid groups (broad SMARTS) is 1. The first-order valence-corrected chi connectivity index (χ1v) is 6.38. The van der Waals surface area contributed by atoms with Gasteiger partial charge in [0.2, 0.25) is 0 Å². The third kappa shape index (κ3) is 3.34. The van der Waals surface area contributed by atoms with Gasteiger partial charge in [0.05, 0.1) is 5.56 Å². The second-order valence-electron chi connectivity index (χ2n) is 4.43. The van der Waals surface area contributed by atoms with Gasteiger partial charge in [0, 0.05) is 6.42 Å². The second-order valence-corrected chi connectivity index (χ2v) is 4.43. The van der Waals surface area contributed by atoms with Crippen molar-refractivity contribution in [3.8, 4) is 5.75 Å². The van der Waals surface area contributed by atoms with Gasteiger partial charge in [0.25, 0.3) is 5.89 Å². The summed E-state index contributed by atoms with van der Waals surface area (Å²) in [5.74, 6) is 0.727. The van der Waals surface area contributed by atoms with Gasteiger partial charge < -0.3 is 14.4 Å². The molecule has 1 aromatic heterocycles. The molecule has 0 aliphatic rings. The molecule has 0 bridgehead atoms. The summed E-state index contributed by atoms with van der Waals surface area (Å²) in [4.78, 5) is 15.0. The topological polar surface area (TPSA) is 85.5 Å². The maximum atomic E-state index is 10.8. The van der Waals surface area contributed by atoms with Crippen molar-refractivity contribution in [1.29, 1.82) is 0 Å². The fourth-order valence-electron chi connectivity index (χ4n) is 1.76. The maximum Gasteiger partial charge on any atom is 0.335 e. The summed E-state index contributed by atoms with van der Waals surface area (Å²) >= 11 is 0. The number of hydrogen-bond acceptors (Lipinski definition) is 5. The Kier molecular flexibility index (Phi) is 4.34. The van der Waals surface area contributed by atoms with Gasteiger partial charge in [0.15, 0.2) is 12.4 Å². The molecule has 0 spiro atoms. The quantitative estimate of drug-likeness (QED) is 0.872. The van der Waals surface area contributed by atoms with Gasteiger partial charge in [-0.3, -0.25) is 0 Å². The summed E-state index contributed by atoms with van der Waals surface area (Å²) in [7, 11) is 0. The highest BCUT2D eigenvalue weighted by molar-refractivity contribution is 5.88. The van der Waals surface area contributed by atoms with E-state index in [1.807, 2.05) is 6.92 Å². The van der Waals surface area contributed by atoms with E-state index < -0.39 is 5.97 Å². The fourth-order valence-corrected chi connectivity index (χ4v) is 1.76. The molecule has 6 heteroatoms. The summed E-state index contributed by atoms with van der Waals surface area (Å²) in [6.45, 7) is 4.00. The lowest BCUT2D eigenvalue weighted by atomic mass is 10.1. The number of aryl methyl sites for hydroxylation is 2. The highest BCUT2D eigenvalue weighted by Crippen LogP contribution is 2.20. The largest absolute Gasteiger partial charge is 0.483 e. The van der Waals surface area contributed by atoms with Crippen LogP contribution in [0.15, 0.2) is 22.7 Å². The third-order valence-electron chi connectivity index (χ3n) is 2.76. The number of rotatable bonds is 6. The van der Waals surface area contributed by atoms with Crippen molar-refractivity contribution in [3.63, 3.8) is 0 Å². The molecule has 2 aromatic rings. The van der Waals surface area contributed by atoms with Crippen molar-refractivity contribution >= 4 is 5.97 Å². The molecule has 0 fully saturated rings.